The van der Waals surface area contributed by atoms with Gasteiger partial charge in [0.1, 0.15) is 24.1 Å². The molecule has 1 saturated heterocycles. The van der Waals surface area contributed by atoms with Crippen molar-refractivity contribution in [3.63, 3.8) is 0 Å². The average molecular weight is 476 g/mol. The number of benzene rings is 1. The van der Waals surface area contributed by atoms with Crippen molar-refractivity contribution in [2.24, 2.45) is 5.41 Å². The molecule has 1 aromatic rings. The van der Waals surface area contributed by atoms with Crippen molar-refractivity contribution in [3.05, 3.63) is 29.3 Å². The lowest BCUT2D eigenvalue weighted by Gasteiger charge is -2.35. The first-order valence-corrected chi connectivity index (χ1v) is 11.1. The maximum Gasteiger partial charge on any atom is 0.305 e. The molecule has 0 aromatic heterocycles. The van der Waals surface area contributed by atoms with E-state index in [2.05, 4.69) is 10.6 Å². The summed E-state index contributed by atoms with van der Waals surface area (Å²) in [5, 5.41) is 14.1. The molecule has 1 heterocycles. The third-order valence-electron chi connectivity index (χ3n) is 5.86. The van der Waals surface area contributed by atoms with Gasteiger partial charge in [0.15, 0.2) is 0 Å². The smallest absolute Gasteiger partial charge is 0.305 e. The molecule has 0 saturated carbocycles. The lowest BCUT2D eigenvalue weighted by atomic mass is 9.85. The minimum Gasteiger partial charge on any atom is -0.496 e. The van der Waals surface area contributed by atoms with Crippen LogP contribution in [0.15, 0.2) is 18.2 Å². The fourth-order valence-electron chi connectivity index (χ4n) is 4.01. The highest BCUT2D eigenvalue weighted by Gasteiger charge is 2.42. The summed E-state index contributed by atoms with van der Waals surface area (Å²) in [5.41, 5.74) is 0.344. The highest BCUT2D eigenvalue weighted by molar-refractivity contribution is 6.00. The molecule has 0 bridgehead atoms. The Morgan fingerprint density at radius 1 is 1.24 bits per heavy atom. The van der Waals surface area contributed by atoms with Crippen LogP contribution in [0.3, 0.4) is 0 Å². The number of rotatable bonds is 9. The van der Waals surface area contributed by atoms with Crippen molar-refractivity contribution in [1.29, 1.82) is 0 Å². The van der Waals surface area contributed by atoms with E-state index in [0.717, 1.165) is 0 Å². The molecule has 0 unspecified atom stereocenters. The predicted molar refractivity (Wildman–Crippen MR) is 123 cm³/mol. The van der Waals surface area contributed by atoms with Crippen LogP contribution in [-0.2, 0) is 19.2 Å². The molecular formula is C24H33N3O7. The van der Waals surface area contributed by atoms with E-state index in [9.17, 15) is 24.0 Å². The first-order valence-electron chi connectivity index (χ1n) is 11.1. The maximum atomic E-state index is 13.6. The molecule has 2 rings (SSSR count). The van der Waals surface area contributed by atoms with Crippen LogP contribution >= 0.6 is 0 Å². The minimum atomic E-state index is -1.22. The Balaban J connectivity index is 2.24. The molecular weight excluding hydrogens is 442 g/mol. The van der Waals surface area contributed by atoms with E-state index in [0.29, 0.717) is 42.5 Å². The van der Waals surface area contributed by atoms with Crippen LogP contribution in [0.2, 0.25) is 0 Å². The number of ether oxygens (including phenoxy) is 1. The number of carbonyl (C=O) groups excluding carboxylic acids is 4. The minimum absolute atomic E-state index is 0.308. The number of methoxy groups -OCH3 is 1. The Morgan fingerprint density at radius 3 is 2.47 bits per heavy atom. The fourth-order valence-corrected chi connectivity index (χ4v) is 4.01. The zero-order chi connectivity index (χ0) is 25.6. The first-order chi connectivity index (χ1) is 15.9. The highest BCUT2D eigenvalue weighted by Crippen LogP contribution is 2.27. The third-order valence-corrected chi connectivity index (χ3v) is 5.86. The summed E-state index contributed by atoms with van der Waals surface area (Å²) in [7, 11) is 1.51. The van der Waals surface area contributed by atoms with E-state index < -0.39 is 53.7 Å². The van der Waals surface area contributed by atoms with Gasteiger partial charge < -0.3 is 30.2 Å². The number of nitrogens with one attached hydrogen (secondary N) is 2. The number of aldehydes is 1. The number of hydrogen-bond acceptors (Lipinski definition) is 6. The zero-order valence-corrected chi connectivity index (χ0v) is 20.2. The topological polar surface area (TPSA) is 142 Å². The maximum absolute atomic E-state index is 13.6. The standard InChI is InChI=1S/C24H33N3O7/c1-14-16(8-6-10-18(14)34-5)21(31)26-20(24(2,3)4)23(33)27-11-7-9-17(27)22(32)25-15(13-28)12-19(29)30/h6,8,10,13,15,17,20H,7,9,11-12H2,1-5H3,(H,25,32)(H,26,31)(H,29,30)/t15-,17-,20+/m0/s1. The molecule has 0 spiro atoms. The van der Waals surface area contributed by atoms with Crippen LogP contribution in [0, 0.1) is 12.3 Å². The summed E-state index contributed by atoms with van der Waals surface area (Å²) in [6.07, 6.45) is 0.753. The summed E-state index contributed by atoms with van der Waals surface area (Å²) < 4.78 is 5.28. The zero-order valence-electron chi connectivity index (χ0n) is 20.2. The van der Waals surface area contributed by atoms with Crippen molar-refractivity contribution in [3.8, 4) is 5.75 Å². The predicted octanol–water partition coefficient (Wildman–Crippen LogP) is 1.30. The number of hydrogen-bond donors (Lipinski definition) is 3. The van der Waals surface area contributed by atoms with Gasteiger partial charge in [-0.15, -0.1) is 0 Å². The Bertz CT molecular complexity index is 954. The van der Waals surface area contributed by atoms with Crippen LogP contribution in [0.1, 0.15) is 56.0 Å². The Kier molecular flexibility index (Phi) is 8.78. The monoisotopic (exact) mass is 475 g/mol. The van der Waals surface area contributed by atoms with Crippen molar-refractivity contribution in [2.45, 2.75) is 65.1 Å². The second-order valence-electron chi connectivity index (χ2n) is 9.44. The molecule has 1 aliphatic heterocycles. The first kappa shape index (κ1) is 26.8. The van der Waals surface area contributed by atoms with E-state index in [1.165, 1.54) is 12.0 Å². The molecule has 0 radical (unpaired) electrons. The summed E-state index contributed by atoms with van der Waals surface area (Å²) in [4.78, 5) is 62.9. The number of nitrogens with zero attached hydrogens (tertiary/aromatic N) is 1. The molecule has 0 aliphatic carbocycles. The van der Waals surface area contributed by atoms with Crippen molar-refractivity contribution in [1.82, 2.24) is 15.5 Å². The van der Waals surface area contributed by atoms with Crippen LogP contribution in [0.4, 0.5) is 0 Å². The lowest BCUT2D eigenvalue weighted by Crippen LogP contribution is -2.58. The molecule has 34 heavy (non-hydrogen) atoms. The molecule has 3 amide bonds. The Hall–Kier alpha value is -3.43. The second kappa shape index (κ2) is 11.1. The van der Waals surface area contributed by atoms with Gasteiger partial charge in [-0.1, -0.05) is 26.8 Å². The summed E-state index contributed by atoms with van der Waals surface area (Å²) in [6, 6.07) is 2.10. The van der Waals surface area contributed by atoms with Gasteiger partial charge in [-0.3, -0.25) is 19.2 Å². The number of aliphatic carboxylic acids is 1. The van der Waals surface area contributed by atoms with E-state index in [1.807, 2.05) is 20.8 Å². The van der Waals surface area contributed by atoms with Gasteiger partial charge in [0.25, 0.3) is 5.91 Å². The van der Waals surface area contributed by atoms with Gasteiger partial charge in [0.2, 0.25) is 11.8 Å². The number of likely N-dealkylation sites (tertiary alicyclic amines) is 1. The van der Waals surface area contributed by atoms with E-state index in [1.54, 1.807) is 25.1 Å². The molecule has 1 aliphatic rings. The number of carbonyl (C=O) groups is 5. The van der Waals surface area contributed by atoms with Crippen LogP contribution in [0.25, 0.3) is 0 Å². The summed E-state index contributed by atoms with van der Waals surface area (Å²) >= 11 is 0. The quantitative estimate of drug-likeness (QED) is 0.457. The van der Waals surface area contributed by atoms with Gasteiger partial charge in [0, 0.05) is 17.7 Å². The van der Waals surface area contributed by atoms with Gasteiger partial charge in [-0.05, 0) is 37.3 Å². The van der Waals surface area contributed by atoms with Crippen molar-refractivity contribution in [2.75, 3.05) is 13.7 Å². The average Bonchev–Trinajstić information content (AvgIpc) is 3.25. The molecule has 3 N–H and O–H groups in total. The van der Waals surface area contributed by atoms with Gasteiger partial charge in [-0.25, -0.2) is 0 Å². The lowest BCUT2D eigenvalue weighted by molar-refractivity contribution is -0.143. The molecule has 1 aromatic carbocycles. The number of carboxylic acids is 1. The van der Waals surface area contributed by atoms with Gasteiger partial charge in [0.05, 0.1) is 19.6 Å². The van der Waals surface area contributed by atoms with E-state index in [-0.39, 0.29) is 0 Å². The molecule has 10 nitrogen and oxygen atoms in total. The normalized spacial score (nSPS) is 17.4. The molecule has 186 valence electrons. The van der Waals surface area contributed by atoms with Crippen LogP contribution in [0.5, 0.6) is 5.75 Å². The van der Waals surface area contributed by atoms with E-state index >= 15 is 0 Å². The van der Waals surface area contributed by atoms with Gasteiger partial charge in [-0.2, -0.15) is 0 Å². The molecule has 1 fully saturated rings. The Labute approximate surface area is 199 Å². The number of amides is 3. The molecule has 3 atom stereocenters. The van der Waals surface area contributed by atoms with Crippen molar-refractivity contribution >= 4 is 30.0 Å². The fraction of sp³-hybridized carbons (Fsp3) is 0.542. The summed E-state index contributed by atoms with van der Waals surface area (Å²) in [6.45, 7) is 7.50. The molecule has 10 heteroatoms. The van der Waals surface area contributed by atoms with Crippen molar-refractivity contribution < 1.29 is 33.8 Å². The Morgan fingerprint density at radius 2 is 1.91 bits per heavy atom. The van der Waals surface area contributed by atoms with E-state index in [4.69, 9.17) is 9.84 Å². The third kappa shape index (κ3) is 6.33. The second-order valence-corrected chi connectivity index (χ2v) is 9.44. The van der Waals surface area contributed by atoms with Crippen LogP contribution in [-0.4, -0.2) is 71.8 Å². The SMILES string of the molecule is COc1cccc(C(=O)N[C@H](C(=O)N2CCC[C@H]2C(=O)N[C@H](C=O)CC(=O)O)C(C)(C)C)c1C. The van der Waals surface area contributed by atoms with Gasteiger partial charge >= 0.3 is 5.97 Å². The van der Waals surface area contributed by atoms with Crippen LogP contribution < -0.4 is 15.4 Å². The largest absolute Gasteiger partial charge is 0.496 e. The highest BCUT2D eigenvalue weighted by atomic mass is 16.5. The summed E-state index contributed by atoms with van der Waals surface area (Å²) in [5.74, 6) is -2.12. The number of carboxylic acid groups (broad SMARTS) is 1.